The quantitative estimate of drug-likeness (QED) is 0.00698. The number of aromatic nitrogens is 5. The summed E-state index contributed by atoms with van der Waals surface area (Å²) in [5.74, 6) is 1.12. The number of anilines is 3. The molecule has 1 radical (unpaired) electrons. The van der Waals surface area contributed by atoms with Crippen LogP contribution < -0.4 is 173 Å². The third-order valence-corrected chi connectivity index (χ3v) is 16.4. The zero-order valence-corrected chi connectivity index (χ0v) is 58.4. The van der Waals surface area contributed by atoms with Crippen LogP contribution in [0.15, 0.2) is 136 Å². The number of nitrogen functional groups attached to an aromatic ring is 2. The summed E-state index contributed by atoms with van der Waals surface area (Å²) in [7, 11) is -16.3. The van der Waals surface area contributed by atoms with E-state index in [-0.39, 0.29) is 166 Å². The number of carbonyl (C=O) groups excluding carboxylic acids is 4. The number of nitrogens with two attached hydrogens (primary N) is 2. The van der Waals surface area contributed by atoms with Gasteiger partial charge in [-0.3, -0.25) is 9.59 Å². The molecule has 9 N–H and O–H groups in total. The van der Waals surface area contributed by atoms with Crippen LogP contribution in [0.2, 0.25) is 0 Å². The van der Waals surface area contributed by atoms with E-state index < -0.39 is 115 Å². The van der Waals surface area contributed by atoms with Gasteiger partial charge in [-0.05, 0) is 121 Å². The number of pyridine rings is 1. The summed E-state index contributed by atoms with van der Waals surface area (Å²) in [4.78, 5) is 64.4. The average molecular weight is 1420 g/mol. The SMILES string of the molecule is NNc1ccc(C(=O)NCCCCC(NC(=O)c2ccc(NCc3cnc4nc(N)nc([O-])c4n3)cc2)C(=O)[O-])cn1.O=C([O-])CNC(C[O-])(C[O-])C[O-].O=S(=O)([O-])c1cccc(P(c2cccc(S(=O)(=O)[O-])c2)c2cccc(S(=O)(=O)[O-])c2)c1.[99Tc+6].[Na+].[Na+].[Na+]. The Morgan fingerprint density at radius 2 is 1.15 bits per heavy atom. The molecule has 455 valence electrons. The molecule has 0 aliphatic rings. The summed E-state index contributed by atoms with van der Waals surface area (Å²) in [6.45, 7) is -2.88. The second-order valence-corrected chi connectivity index (χ2v) is 24.0. The van der Waals surface area contributed by atoms with Gasteiger partial charge in [-0.1, -0.05) is 36.4 Å². The number of aliphatic carboxylic acids is 2. The van der Waals surface area contributed by atoms with Gasteiger partial charge in [0.25, 0.3) is 11.8 Å². The van der Waals surface area contributed by atoms with Gasteiger partial charge < -0.3 is 86.3 Å². The number of carboxylic acids is 2. The van der Waals surface area contributed by atoms with Crippen LogP contribution in [-0.2, 0) is 66.6 Å². The molecule has 0 bridgehead atoms. The van der Waals surface area contributed by atoms with E-state index in [4.69, 9.17) is 11.6 Å². The van der Waals surface area contributed by atoms with Crippen molar-refractivity contribution in [1.29, 1.82) is 0 Å². The zero-order chi connectivity index (χ0) is 62.7. The van der Waals surface area contributed by atoms with Crippen LogP contribution in [0.5, 0.6) is 5.88 Å². The number of amides is 2. The summed E-state index contributed by atoms with van der Waals surface area (Å²) >= 11 is 0. The normalized spacial score (nSPS) is 11.4. The van der Waals surface area contributed by atoms with Crippen molar-refractivity contribution in [2.45, 2.75) is 52.1 Å². The first-order valence-corrected chi connectivity index (χ1v) is 29.9. The van der Waals surface area contributed by atoms with Crippen LogP contribution in [0.1, 0.15) is 45.7 Å². The molecule has 0 saturated carbocycles. The fourth-order valence-electron chi connectivity index (χ4n) is 7.15. The fourth-order valence-corrected chi connectivity index (χ4v) is 11.4. The topological polar surface area (TPSA) is 555 Å². The minimum atomic E-state index is -4.82. The van der Waals surface area contributed by atoms with E-state index in [1.807, 2.05) is 0 Å². The molecule has 7 rings (SSSR count). The minimum Gasteiger partial charge on any atom is -0.857 e. The Labute approximate surface area is 590 Å². The Bertz CT molecular complexity index is 3670. The van der Waals surface area contributed by atoms with E-state index in [0.29, 0.717) is 42.1 Å². The predicted octanol–water partition coefficient (Wildman–Crippen LogP) is -15.9. The number of rotatable bonds is 25. The molecule has 7 aromatic rings. The van der Waals surface area contributed by atoms with E-state index >= 15 is 0 Å². The number of hydrogen-bond acceptors (Lipinski definition) is 29. The van der Waals surface area contributed by atoms with E-state index in [1.165, 1.54) is 60.9 Å². The maximum absolute atomic E-state index is 12.6. The predicted molar refractivity (Wildman–Crippen MR) is 287 cm³/mol. The van der Waals surface area contributed by atoms with Gasteiger partial charge in [0.2, 0.25) is 5.95 Å². The summed E-state index contributed by atoms with van der Waals surface area (Å²) in [5, 5.41) is 75.7. The number of carbonyl (C=O) groups is 4. The Balaban J connectivity index is 0.000000743. The monoisotopic (exact) mass is 1420 g/mol. The van der Waals surface area contributed by atoms with Crippen LogP contribution in [0.3, 0.4) is 0 Å². The van der Waals surface area contributed by atoms with E-state index in [2.05, 4.69) is 51.6 Å². The van der Waals surface area contributed by atoms with E-state index in [1.54, 1.807) is 24.3 Å². The molecule has 0 fully saturated rings. The van der Waals surface area contributed by atoms with Gasteiger partial charge in [-0.25, -0.2) is 51.0 Å². The maximum Gasteiger partial charge on any atom is 6.00 e. The third-order valence-electron chi connectivity index (χ3n) is 11.6. The molecule has 0 saturated heterocycles. The second kappa shape index (κ2) is 38.2. The van der Waals surface area contributed by atoms with Gasteiger partial charge in [0.05, 0.1) is 56.7 Å². The Morgan fingerprint density at radius 3 is 1.58 bits per heavy atom. The van der Waals surface area contributed by atoms with E-state index in [0.717, 1.165) is 36.4 Å². The van der Waals surface area contributed by atoms with Crippen LogP contribution in [-0.4, -0.2) is 132 Å². The number of carboxylic acid groups (broad SMARTS) is 2. The van der Waals surface area contributed by atoms with Gasteiger partial charge in [0.1, 0.15) is 41.7 Å². The van der Waals surface area contributed by atoms with Crippen molar-refractivity contribution in [2.24, 2.45) is 5.84 Å². The zero-order valence-electron chi connectivity index (χ0n) is 47.2. The second-order valence-electron chi connectivity index (χ2n) is 17.7. The third kappa shape index (κ3) is 25.6. The molecule has 4 aromatic carbocycles. The first-order valence-electron chi connectivity index (χ1n) is 24.3. The van der Waals surface area contributed by atoms with Crippen molar-refractivity contribution in [2.75, 3.05) is 49.4 Å². The largest absolute Gasteiger partial charge is 6.00 e. The molecule has 89 heavy (non-hydrogen) atoms. The number of hydrogen-bond donors (Lipinski definition) is 7. The number of nitrogens with zero attached hydrogens (tertiary/aromatic N) is 5. The summed E-state index contributed by atoms with van der Waals surface area (Å²) in [6, 6.07) is 23.1. The number of hydrazine groups is 1. The molecule has 31 nitrogen and oxygen atoms in total. The average Bonchev–Trinajstić information content (AvgIpc) is 2.74. The molecule has 0 aliphatic carbocycles. The van der Waals surface area contributed by atoms with Crippen molar-refractivity contribution < 1.29 is 198 Å². The van der Waals surface area contributed by atoms with Crippen molar-refractivity contribution in [3.05, 3.63) is 138 Å². The van der Waals surface area contributed by atoms with Gasteiger partial charge in [-0.15, -0.1) is 19.8 Å². The van der Waals surface area contributed by atoms with Crippen molar-refractivity contribution >= 4 is 107 Å². The molecular formula is C50H48N12Na3O19PS3Tc. The summed E-state index contributed by atoms with van der Waals surface area (Å²) in [6.07, 6.45) is 3.86. The molecule has 0 spiro atoms. The molecule has 1 atom stereocenters. The maximum atomic E-state index is 12.6. The van der Waals surface area contributed by atoms with E-state index in [9.17, 15) is 88.7 Å². The van der Waals surface area contributed by atoms with Gasteiger partial charge in [-0.2, -0.15) is 4.98 Å². The first-order chi connectivity index (χ1) is 40.1. The molecule has 1 unspecified atom stereocenters. The summed E-state index contributed by atoms with van der Waals surface area (Å²) < 4.78 is 103. The van der Waals surface area contributed by atoms with Crippen molar-refractivity contribution in [3.63, 3.8) is 0 Å². The van der Waals surface area contributed by atoms with Gasteiger partial charge >= 0.3 is 109 Å². The number of nitrogens with one attached hydrogen (secondary N) is 5. The molecule has 3 aromatic heterocycles. The number of unbranched alkanes of at least 4 members (excludes halogenated alkanes) is 1. The first kappa shape index (κ1) is 82.2. The number of benzene rings is 4. The number of fused-ring (bicyclic) bond motifs is 1. The Kier molecular flexibility index (Phi) is 35.3. The van der Waals surface area contributed by atoms with Crippen LogP contribution in [0.4, 0.5) is 17.5 Å². The van der Waals surface area contributed by atoms with Crippen molar-refractivity contribution in [3.8, 4) is 5.88 Å². The molecular weight excluding hydrogens is 1370 g/mol. The summed E-state index contributed by atoms with van der Waals surface area (Å²) in [5.41, 5.74) is 7.97. The smallest absolute Gasteiger partial charge is 0.857 e. The molecule has 0 aliphatic heterocycles. The van der Waals surface area contributed by atoms with Gasteiger partial charge in [0, 0.05) is 36.4 Å². The molecule has 2 amide bonds. The van der Waals surface area contributed by atoms with Crippen LogP contribution in [0, 0.1) is 0 Å². The standard InChI is InChI=1S/C26H29N11O5.C18H15O9PS3.C6H10NO5.3Na.Tc/c27-26-35-21-20(24(40)36-26)33-17(13-32-21)12-30-16-7-4-14(5-8-16)23(39)34-18(25(41)42)3-1-2-10-29-22(38)15-6-9-19(37-28)31-11-15;19-29(20,21)16-7-1-4-13(10-16)28(14-5-2-8-17(11-14)30(22,23)24)15-6-3-9-18(12-15)31(25,26)27;8-2-6(3-9,4-10)7-1-5(11)12;;;;/h4-9,11,13,18,30H,1-3,10,12,28H2,(H,29,38)(H,31,37)(H,34,39)(H,41,42)(H3,27,32,35,36,40);1-12H,(H,19,20,21)(H,22,23,24)(H,25,26,27);7H,1-4H2,(H,11,12);;;;/q;;-3;3*+1;+6/p-6/i;;;;;;1+1. The fraction of sp³-hybridized carbons (Fsp3) is 0.220. The van der Waals surface area contributed by atoms with Crippen molar-refractivity contribution in [1.82, 2.24) is 40.9 Å². The minimum absolute atomic E-state index is 0. The molecule has 3 heterocycles. The Hall–Kier alpha value is -4.86. The van der Waals surface area contributed by atoms with Gasteiger partial charge in [0.15, 0.2) is 5.65 Å². The Morgan fingerprint density at radius 1 is 0.640 bits per heavy atom. The van der Waals surface area contributed by atoms with Crippen LogP contribution >= 0.6 is 7.92 Å². The molecule has 39 heteroatoms. The van der Waals surface area contributed by atoms with Crippen LogP contribution in [0.25, 0.3) is 11.2 Å².